The molecule has 1 atom stereocenters. The van der Waals surface area contributed by atoms with E-state index in [2.05, 4.69) is 4.90 Å². The summed E-state index contributed by atoms with van der Waals surface area (Å²) in [6.45, 7) is 3.70. The number of hydrogen-bond acceptors (Lipinski definition) is 5. The third-order valence-electron chi connectivity index (χ3n) is 4.67. The maximum Gasteiger partial charge on any atom is 0.252 e. The van der Waals surface area contributed by atoms with Gasteiger partial charge in [-0.1, -0.05) is 19.1 Å². The van der Waals surface area contributed by atoms with Crippen LogP contribution in [-0.2, 0) is 16.4 Å². The van der Waals surface area contributed by atoms with Gasteiger partial charge in [0.15, 0.2) is 0 Å². The number of aryl methyl sites for hydroxylation is 1. The molecule has 1 fully saturated rings. The molecule has 1 aliphatic rings. The standard InChI is InChI=1S/C18H24N2O3S2/c1-4-16-8-9-18(24-16)25(21,22)20-11-10-19(2)17(13-20)14-6-5-7-15(12-14)23-3/h5-9,12,17H,4,10-11,13H2,1-3H3. The molecule has 0 aliphatic carbocycles. The monoisotopic (exact) mass is 380 g/mol. The second kappa shape index (κ2) is 7.45. The Balaban J connectivity index is 1.86. The molecule has 0 N–H and O–H groups in total. The lowest BCUT2D eigenvalue weighted by molar-refractivity contribution is 0.148. The highest BCUT2D eigenvalue weighted by Crippen LogP contribution is 2.31. The zero-order valence-corrected chi connectivity index (χ0v) is 16.4. The Morgan fingerprint density at radius 1 is 1.24 bits per heavy atom. The van der Waals surface area contributed by atoms with Crippen LogP contribution < -0.4 is 4.74 Å². The fourth-order valence-electron chi connectivity index (χ4n) is 3.09. The van der Waals surface area contributed by atoms with Crippen LogP contribution in [0.5, 0.6) is 5.75 Å². The van der Waals surface area contributed by atoms with Crippen molar-refractivity contribution in [2.75, 3.05) is 33.8 Å². The summed E-state index contributed by atoms with van der Waals surface area (Å²) in [4.78, 5) is 3.30. The molecule has 0 radical (unpaired) electrons. The second-order valence-electron chi connectivity index (χ2n) is 6.21. The summed E-state index contributed by atoms with van der Waals surface area (Å²) in [6, 6.07) is 11.5. The van der Waals surface area contributed by atoms with Crippen LogP contribution in [0.15, 0.2) is 40.6 Å². The van der Waals surface area contributed by atoms with E-state index in [1.165, 1.54) is 11.3 Å². The number of piperazine rings is 1. The van der Waals surface area contributed by atoms with E-state index in [4.69, 9.17) is 4.74 Å². The molecule has 1 unspecified atom stereocenters. The van der Waals surface area contributed by atoms with Crippen LogP contribution in [0.1, 0.15) is 23.4 Å². The van der Waals surface area contributed by atoms with Crippen molar-refractivity contribution in [1.82, 2.24) is 9.21 Å². The van der Waals surface area contributed by atoms with E-state index >= 15 is 0 Å². The molecule has 5 nitrogen and oxygen atoms in total. The van der Waals surface area contributed by atoms with Gasteiger partial charge >= 0.3 is 0 Å². The number of rotatable bonds is 5. The third-order valence-corrected chi connectivity index (χ3v) is 8.23. The van der Waals surface area contributed by atoms with Crippen molar-refractivity contribution in [3.63, 3.8) is 0 Å². The van der Waals surface area contributed by atoms with Crippen molar-refractivity contribution < 1.29 is 13.2 Å². The molecule has 1 saturated heterocycles. The van der Waals surface area contributed by atoms with Crippen molar-refractivity contribution in [1.29, 1.82) is 0 Å². The molecule has 7 heteroatoms. The smallest absolute Gasteiger partial charge is 0.252 e. The minimum atomic E-state index is -3.44. The van der Waals surface area contributed by atoms with Crippen LogP contribution in [0.25, 0.3) is 0 Å². The van der Waals surface area contributed by atoms with Crippen LogP contribution in [0.4, 0.5) is 0 Å². The van der Waals surface area contributed by atoms with E-state index in [0.717, 1.165) is 22.6 Å². The van der Waals surface area contributed by atoms with Crippen LogP contribution in [0, 0.1) is 0 Å². The van der Waals surface area contributed by atoms with Gasteiger partial charge in [0.1, 0.15) is 9.96 Å². The fourth-order valence-corrected chi connectivity index (χ4v) is 5.98. The molecular formula is C18H24N2O3S2. The number of thiophene rings is 1. The van der Waals surface area contributed by atoms with Crippen LogP contribution >= 0.6 is 11.3 Å². The highest BCUT2D eigenvalue weighted by atomic mass is 32.2. The average Bonchev–Trinajstić information content (AvgIpc) is 3.12. The van der Waals surface area contributed by atoms with Gasteiger partial charge in [-0.3, -0.25) is 4.90 Å². The number of benzene rings is 1. The topological polar surface area (TPSA) is 49.9 Å². The third kappa shape index (κ3) is 3.74. The lowest BCUT2D eigenvalue weighted by Crippen LogP contribution is -2.48. The first-order chi connectivity index (χ1) is 12.0. The van der Waals surface area contributed by atoms with Gasteiger partial charge in [0.2, 0.25) is 0 Å². The molecule has 1 aromatic heterocycles. The summed E-state index contributed by atoms with van der Waals surface area (Å²) in [5, 5.41) is 0. The van der Waals surface area contributed by atoms with Gasteiger partial charge in [0, 0.05) is 30.6 Å². The maximum atomic E-state index is 13.0. The van der Waals surface area contributed by atoms with Gasteiger partial charge in [0.25, 0.3) is 10.0 Å². The van der Waals surface area contributed by atoms with E-state index in [9.17, 15) is 8.42 Å². The van der Waals surface area contributed by atoms with E-state index in [1.54, 1.807) is 17.5 Å². The Morgan fingerprint density at radius 2 is 2.04 bits per heavy atom. The lowest BCUT2D eigenvalue weighted by atomic mass is 10.0. The molecule has 0 amide bonds. The van der Waals surface area contributed by atoms with Crippen LogP contribution in [0.3, 0.4) is 0 Å². The van der Waals surface area contributed by atoms with Crippen molar-refractivity contribution in [3.8, 4) is 5.75 Å². The molecule has 0 saturated carbocycles. The van der Waals surface area contributed by atoms with Crippen molar-refractivity contribution in [3.05, 3.63) is 46.8 Å². The SMILES string of the molecule is CCc1ccc(S(=O)(=O)N2CCN(C)C(c3cccc(OC)c3)C2)s1. The fraction of sp³-hybridized carbons (Fsp3) is 0.444. The van der Waals surface area contributed by atoms with E-state index in [1.807, 2.05) is 44.3 Å². The number of sulfonamides is 1. The Kier molecular flexibility index (Phi) is 5.48. The first-order valence-electron chi connectivity index (χ1n) is 8.38. The number of nitrogens with zero attached hydrogens (tertiary/aromatic N) is 2. The highest BCUT2D eigenvalue weighted by Gasteiger charge is 2.34. The Hall–Kier alpha value is -1.41. The van der Waals surface area contributed by atoms with Crippen molar-refractivity contribution in [2.45, 2.75) is 23.6 Å². The molecule has 136 valence electrons. The van der Waals surface area contributed by atoms with E-state index < -0.39 is 10.0 Å². The molecular weight excluding hydrogens is 356 g/mol. The summed E-state index contributed by atoms with van der Waals surface area (Å²) in [5.74, 6) is 0.789. The zero-order valence-electron chi connectivity index (χ0n) is 14.8. The normalized spacial score (nSPS) is 19.9. The van der Waals surface area contributed by atoms with Gasteiger partial charge in [-0.2, -0.15) is 4.31 Å². The minimum Gasteiger partial charge on any atom is -0.497 e. The van der Waals surface area contributed by atoms with Gasteiger partial charge in [-0.25, -0.2) is 8.42 Å². The Morgan fingerprint density at radius 3 is 2.72 bits per heavy atom. The van der Waals surface area contributed by atoms with Crippen molar-refractivity contribution >= 4 is 21.4 Å². The van der Waals surface area contributed by atoms with Gasteiger partial charge in [-0.05, 0) is 43.3 Å². The maximum absolute atomic E-state index is 13.0. The number of ether oxygens (including phenoxy) is 1. The molecule has 25 heavy (non-hydrogen) atoms. The largest absolute Gasteiger partial charge is 0.497 e. The Labute approximate surface area is 153 Å². The minimum absolute atomic E-state index is 0.0178. The Bertz CT molecular complexity index is 832. The van der Waals surface area contributed by atoms with Crippen LogP contribution in [0.2, 0.25) is 0 Å². The number of hydrogen-bond donors (Lipinski definition) is 0. The first-order valence-corrected chi connectivity index (χ1v) is 10.6. The lowest BCUT2D eigenvalue weighted by Gasteiger charge is -2.38. The molecule has 2 heterocycles. The number of likely N-dealkylation sites (N-methyl/N-ethyl adjacent to an activating group) is 1. The summed E-state index contributed by atoms with van der Waals surface area (Å²) >= 11 is 1.37. The van der Waals surface area contributed by atoms with E-state index in [0.29, 0.717) is 23.8 Å². The zero-order chi connectivity index (χ0) is 18.0. The summed E-state index contributed by atoms with van der Waals surface area (Å²) in [7, 11) is 0.240. The second-order valence-corrected chi connectivity index (χ2v) is 9.54. The van der Waals surface area contributed by atoms with Crippen molar-refractivity contribution in [2.24, 2.45) is 0 Å². The molecule has 1 aliphatic heterocycles. The van der Waals surface area contributed by atoms with Gasteiger partial charge in [0.05, 0.1) is 7.11 Å². The number of methoxy groups -OCH3 is 1. The average molecular weight is 381 g/mol. The summed E-state index contributed by atoms with van der Waals surface area (Å²) < 4.78 is 33.4. The first kappa shape index (κ1) is 18.4. The molecule has 0 bridgehead atoms. The van der Waals surface area contributed by atoms with Gasteiger partial charge in [-0.15, -0.1) is 11.3 Å². The van der Waals surface area contributed by atoms with E-state index in [-0.39, 0.29) is 6.04 Å². The summed E-state index contributed by atoms with van der Waals surface area (Å²) in [5.41, 5.74) is 1.07. The quantitative estimate of drug-likeness (QED) is 0.800. The predicted octanol–water partition coefficient (Wildman–Crippen LogP) is 3.00. The molecule has 3 rings (SSSR count). The molecule has 2 aromatic rings. The van der Waals surface area contributed by atoms with Crippen LogP contribution in [-0.4, -0.2) is 51.4 Å². The highest BCUT2D eigenvalue weighted by molar-refractivity contribution is 7.91. The van der Waals surface area contributed by atoms with Gasteiger partial charge < -0.3 is 4.74 Å². The predicted molar refractivity (Wildman–Crippen MR) is 101 cm³/mol. The summed E-state index contributed by atoms with van der Waals surface area (Å²) in [6.07, 6.45) is 0.857. The molecule has 1 aromatic carbocycles. The molecule has 0 spiro atoms.